The van der Waals surface area contributed by atoms with Gasteiger partial charge in [-0.15, -0.1) is 21.5 Å². The molecule has 0 aromatic carbocycles. The molecule has 1 aliphatic rings. The lowest BCUT2D eigenvalue weighted by atomic mass is 10.4. The van der Waals surface area contributed by atoms with Crippen molar-refractivity contribution in [3.8, 4) is 10.7 Å². The van der Waals surface area contributed by atoms with Gasteiger partial charge in [-0.3, -0.25) is 13.8 Å². The van der Waals surface area contributed by atoms with Crippen LogP contribution in [0.15, 0.2) is 56.3 Å². The van der Waals surface area contributed by atoms with E-state index in [9.17, 15) is 4.79 Å². The average molecular weight is 460 g/mol. The predicted molar refractivity (Wildman–Crippen MR) is 110 cm³/mol. The first kappa shape index (κ1) is 17.2. The summed E-state index contributed by atoms with van der Waals surface area (Å²) in [6.07, 6.45) is 4.06. The second kappa shape index (κ2) is 6.88. The normalized spacial score (nSPS) is 14.1. The van der Waals surface area contributed by atoms with E-state index in [4.69, 9.17) is 0 Å². The second-order valence-corrected chi connectivity index (χ2v) is 9.14. The summed E-state index contributed by atoms with van der Waals surface area (Å²) in [7, 11) is 0. The van der Waals surface area contributed by atoms with Crippen molar-refractivity contribution in [3.05, 3.63) is 62.4 Å². The zero-order valence-corrected chi connectivity index (χ0v) is 17.3. The molecule has 0 bridgehead atoms. The molecule has 6 nitrogen and oxygen atoms in total. The Morgan fingerprint density at radius 2 is 2.15 bits per heavy atom. The van der Waals surface area contributed by atoms with E-state index in [0.29, 0.717) is 17.4 Å². The number of hydrogen-bond donors (Lipinski definition) is 0. The van der Waals surface area contributed by atoms with Crippen molar-refractivity contribution in [1.29, 1.82) is 0 Å². The Bertz CT molecular complexity index is 1180. The van der Waals surface area contributed by atoms with Gasteiger partial charge < -0.3 is 0 Å². The Morgan fingerprint density at radius 1 is 1.26 bits per heavy atom. The fourth-order valence-corrected chi connectivity index (χ4v) is 4.89. The van der Waals surface area contributed by atoms with Crippen molar-refractivity contribution in [2.45, 2.75) is 29.8 Å². The monoisotopic (exact) mass is 459 g/mol. The Hall–Kier alpha value is -1.97. The first-order valence-electron chi connectivity index (χ1n) is 8.48. The molecule has 0 atom stereocenters. The third-order valence-electron chi connectivity index (χ3n) is 4.34. The van der Waals surface area contributed by atoms with Gasteiger partial charge in [0.2, 0.25) is 0 Å². The van der Waals surface area contributed by atoms with Crippen LogP contribution in [0.5, 0.6) is 0 Å². The molecule has 0 unspecified atom stereocenters. The number of pyridine rings is 1. The molecule has 1 saturated carbocycles. The number of thiophene rings is 1. The number of rotatable bonds is 5. The smallest absolute Gasteiger partial charge is 0.258 e. The number of fused-ring (bicyclic) bond motifs is 1. The average Bonchev–Trinajstić information content (AvgIpc) is 3.18. The molecule has 0 radical (unpaired) electrons. The van der Waals surface area contributed by atoms with Crippen LogP contribution in [-0.2, 0) is 5.75 Å². The summed E-state index contributed by atoms with van der Waals surface area (Å²) in [6.45, 7) is 0. The third-order valence-corrected chi connectivity index (χ3v) is 6.66. The fourth-order valence-electron chi connectivity index (χ4n) is 2.95. The summed E-state index contributed by atoms with van der Waals surface area (Å²) in [5, 5.41) is 11.8. The van der Waals surface area contributed by atoms with Crippen LogP contribution >= 0.6 is 39.0 Å². The van der Waals surface area contributed by atoms with E-state index in [-0.39, 0.29) is 5.56 Å². The van der Waals surface area contributed by atoms with Gasteiger partial charge in [-0.25, -0.2) is 4.98 Å². The maximum Gasteiger partial charge on any atom is 0.258 e. The standard InChI is InChI=1S/C18H14BrN5OS2/c19-11-3-6-15-20-12(8-16(25)23(15)9-11)10-27-18-22-21-17(14-2-1-7-26-14)24(18)13-4-5-13/h1-3,6-9,13H,4-5,10H2. The van der Waals surface area contributed by atoms with E-state index in [1.165, 1.54) is 0 Å². The molecule has 0 amide bonds. The highest BCUT2D eigenvalue weighted by Gasteiger charge is 2.30. The molecule has 0 spiro atoms. The zero-order valence-electron chi connectivity index (χ0n) is 14.1. The number of aromatic nitrogens is 5. The molecule has 1 aliphatic carbocycles. The molecule has 0 N–H and O–H groups in total. The molecular formula is C18H14BrN5OS2. The van der Waals surface area contributed by atoms with Crippen molar-refractivity contribution in [3.63, 3.8) is 0 Å². The van der Waals surface area contributed by atoms with Crippen LogP contribution in [0.1, 0.15) is 24.6 Å². The molecule has 0 saturated heterocycles. The first-order chi connectivity index (χ1) is 13.2. The highest BCUT2D eigenvalue weighted by atomic mass is 79.9. The molecule has 4 aromatic rings. The topological polar surface area (TPSA) is 65.1 Å². The summed E-state index contributed by atoms with van der Waals surface area (Å²) in [6, 6.07) is 9.89. The largest absolute Gasteiger partial charge is 0.298 e. The van der Waals surface area contributed by atoms with E-state index in [1.807, 2.05) is 18.2 Å². The van der Waals surface area contributed by atoms with Gasteiger partial charge in [0.05, 0.1) is 10.6 Å². The Labute approximate surface area is 171 Å². The lowest BCUT2D eigenvalue weighted by Gasteiger charge is -2.08. The summed E-state index contributed by atoms with van der Waals surface area (Å²) in [4.78, 5) is 18.1. The summed E-state index contributed by atoms with van der Waals surface area (Å²) >= 11 is 6.64. The van der Waals surface area contributed by atoms with Crippen molar-refractivity contribution in [2.75, 3.05) is 0 Å². The summed E-state index contributed by atoms with van der Waals surface area (Å²) < 4.78 is 4.63. The maximum atomic E-state index is 12.4. The SMILES string of the molecule is O=c1cc(CSc2nnc(-c3cccs3)n2C2CC2)nc2ccc(Br)cn12. The van der Waals surface area contributed by atoms with Crippen molar-refractivity contribution >= 4 is 44.7 Å². The van der Waals surface area contributed by atoms with E-state index < -0.39 is 0 Å². The van der Waals surface area contributed by atoms with Crippen molar-refractivity contribution < 1.29 is 0 Å². The quantitative estimate of drug-likeness (QED) is 0.413. The molecule has 4 heterocycles. The van der Waals surface area contributed by atoms with Gasteiger partial charge >= 0.3 is 0 Å². The van der Waals surface area contributed by atoms with Gasteiger partial charge in [0, 0.05) is 28.5 Å². The van der Waals surface area contributed by atoms with Gasteiger partial charge in [0.15, 0.2) is 11.0 Å². The molecule has 9 heteroatoms. The molecule has 27 heavy (non-hydrogen) atoms. The maximum absolute atomic E-state index is 12.4. The van der Waals surface area contributed by atoms with E-state index in [1.54, 1.807) is 39.8 Å². The van der Waals surface area contributed by atoms with Gasteiger partial charge in [0.25, 0.3) is 5.56 Å². The molecular weight excluding hydrogens is 446 g/mol. The minimum atomic E-state index is -0.0835. The fraction of sp³-hybridized carbons (Fsp3) is 0.222. The van der Waals surface area contributed by atoms with Crippen LogP contribution in [0.2, 0.25) is 0 Å². The summed E-state index contributed by atoms with van der Waals surface area (Å²) in [5.41, 5.74) is 1.31. The Kier molecular flexibility index (Phi) is 4.37. The van der Waals surface area contributed by atoms with Crippen LogP contribution in [0, 0.1) is 0 Å². The zero-order chi connectivity index (χ0) is 18.4. The van der Waals surface area contributed by atoms with Crippen LogP contribution < -0.4 is 5.56 Å². The van der Waals surface area contributed by atoms with Crippen LogP contribution in [0.3, 0.4) is 0 Å². The molecule has 5 rings (SSSR count). The minimum absolute atomic E-state index is 0.0835. The van der Waals surface area contributed by atoms with Crippen LogP contribution in [0.25, 0.3) is 16.3 Å². The van der Waals surface area contributed by atoms with Crippen LogP contribution in [-0.4, -0.2) is 24.1 Å². The lowest BCUT2D eigenvalue weighted by Crippen LogP contribution is -2.15. The highest BCUT2D eigenvalue weighted by Crippen LogP contribution is 2.42. The molecule has 136 valence electrons. The number of halogens is 1. The van der Waals surface area contributed by atoms with Crippen molar-refractivity contribution in [1.82, 2.24) is 24.1 Å². The van der Waals surface area contributed by atoms with E-state index in [0.717, 1.165) is 38.9 Å². The predicted octanol–water partition coefficient (Wildman–Crippen LogP) is 4.40. The van der Waals surface area contributed by atoms with E-state index >= 15 is 0 Å². The third kappa shape index (κ3) is 3.35. The molecule has 1 fully saturated rings. The number of hydrogen-bond acceptors (Lipinski definition) is 6. The van der Waals surface area contributed by atoms with Gasteiger partial charge in [-0.2, -0.15) is 0 Å². The highest BCUT2D eigenvalue weighted by molar-refractivity contribution is 9.10. The Morgan fingerprint density at radius 3 is 2.93 bits per heavy atom. The summed E-state index contributed by atoms with van der Waals surface area (Å²) in [5.74, 6) is 1.52. The number of thioether (sulfide) groups is 1. The molecule has 4 aromatic heterocycles. The molecule has 0 aliphatic heterocycles. The van der Waals surface area contributed by atoms with Gasteiger partial charge in [-0.1, -0.05) is 17.8 Å². The van der Waals surface area contributed by atoms with Crippen LogP contribution in [0.4, 0.5) is 0 Å². The van der Waals surface area contributed by atoms with Crippen molar-refractivity contribution in [2.24, 2.45) is 0 Å². The Balaban J connectivity index is 1.44. The van der Waals surface area contributed by atoms with Gasteiger partial charge in [-0.05, 0) is 52.4 Å². The van der Waals surface area contributed by atoms with Gasteiger partial charge in [0.1, 0.15) is 5.65 Å². The van der Waals surface area contributed by atoms with E-state index in [2.05, 4.69) is 47.1 Å². The number of nitrogens with zero attached hydrogens (tertiary/aromatic N) is 5. The second-order valence-electron chi connectivity index (χ2n) is 6.33. The first-order valence-corrected chi connectivity index (χ1v) is 11.1. The minimum Gasteiger partial charge on any atom is -0.298 e. The lowest BCUT2D eigenvalue weighted by molar-refractivity contribution is 0.670.